The minimum absolute atomic E-state index is 0.198. The Morgan fingerprint density at radius 1 is 1.25 bits per heavy atom. The van der Waals surface area contributed by atoms with Crippen LogP contribution in [0, 0.1) is 5.92 Å². The van der Waals surface area contributed by atoms with Gasteiger partial charge in [-0.2, -0.15) is 10.1 Å². The Balaban J connectivity index is 1.58. The number of rotatable bonds is 8. The van der Waals surface area contributed by atoms with Gasteiger partial charge in [-0.15, -0.1) is 0 Å². The Kier molecular flexibility index (Phi) is 6.43. The van der Waals surface area contributed by atoms with Crippen LogP contribution in [0.3, 0.4) is 0 Å². The number of fused-ring (bicyclic) bond motifs is 1. The summed E-state index contributed by atoms with van der Waals surface area (Å²) in [4.78, 5) is 33.1. The van der Waals surface area contributed by atoms with Crippen molar-refractivity contribution in [2.45, 2.75) is 58.0 Å². The van der Waals surface area contributed by atoms with E-state index in [1.165, 1.54) is 0 Å². The van der Waals surface area contributed by atoms with Gasteiger partial charge >= 0.3 is 0 Å². The maximum Gasteiger partial charge on any atom is 0.263 e. The van der Waals surface area contributed by atoms with Gasteiger partial charge in [-0.1, -0.05) is 26.7 Å². The molecule has 1 fully saturated rings. The molecule has 2 heterocycles. The minimum atomic E-state index is -0.569. The first-order valence-electron chi connectivity index (χ1n) is 11.1. The van der Waals surface area contributed by atoms with Gasteiger partial charge in [0.25, 0.3) is 5.56 Å². The van der Waals surface area contributed by atoms with Crippen molar-refractivity contribution >= 4 is 28.6 Å². The van der Waals surface area contributed by atoms with Crippen LogP contribution in [0.15, 0.2) is 35.3 Å². The summed E-state index contributed by atoms with van der Waals surface area (Å²) in [6.45, 7) is 4.09. The molecule has 0 saturated heterocycles. The average Bonchev–Trinajstić information content (AvgIpc) is 3.43. The van der Waals surface area contributed by atoms with E-state index in [2.05, 4.69) is 25.7 Å². The number of carbonyl (C=O) groups excluding carboxylic acids is 1. The lowest BCUT2D eigenvalue weighted by atomic mass is 10.0. The van der Waals surface area contributed by atoms with Crippen LogP contribution in [-0.2, 0) is 4.79 Å². The topological polar surface area (TPSA) is 114 Å². The number of aromatic amines is 1. The van der Waals surface area contributed by atoms with E-state index in [4.69, 9.17) is 4.74 Å². The van der Waals surface area contributed by atoms with Crippen molar-refractivity contribution in [2.24, 2.45) is 5.92 Å². The zero-order valence-electron chi connectivity index (χ0n) is 18.7. The molecular formula is C23H30N6O3. The van der Waals surface area contributed by atoms with Crippen molar-refractivity contribution in [3.8, 4) is 5.75 Å². The molecule has 170 valence electrons. The van der Waals surface area contributed by atoms with Gasteiger partial charge in [0.05, 0.1) is 19.3 Å². The predicted octanol–water partition coefficient (Wildman–Crippen LogP) is 3.71. The molecule has 0 bridgehead atoms. The molecular weight excluding hydrogens is 408 g/mol. The first kappa shape index (κ1) is 21.9. The summed E-state index contributed by atoms with van der Waals surface area (Å²) >= 11 is 0. The van der Waals surface area contributed by atoms with E-state index in [9.17, 15) is 9.59 Å². The van der Waals surface area contributed by atoms with Gasteiger partial charge in [-0.05, 0) is 49.4 Å². The number of aromatic nitrogens is 4. The molecule has 32 heavy (non-hydrogen) atoms. The lowest BCUT2D eigenvalue weighted by molar-refractivity contribution is -0.117. The molecule has 0 spiro atoms. The molecule has 2 aromatic heterocycles. The van der Waals surface area contributed by atoms with Crippen LogP contribution in [0.1, 0.15) is 52.0 Å². The molecule has 1 amide bonds. The number of nitrogens with zero attached hydrogens (tertiary/aromatic N) is 3. The van der Waals surface area contributed by atoms with Gasteiger partial charge in [0, 0.05) is 5.69 Å². The first-order chi connectivity index (χ1) is 15.4. The van der Waals surface area contributed by atoms with Gasteiger partial charge in [0.1, 0.15) is 17.2 Å². The number of ether oxygens (including phenoxy) is 1. The zero-order chi connectivity index (χ0) is 22.7. The summed E-state index contributed by atoms with van der Waals surface area (Å²) in [6, 6.07) is 6.85. The number of anilines is 2. The van der Waals surface area contributed by atoms with E-state index in [1.54, 1.807) is 37.6 Å². The highest BCUT2D eigenvalue weighted by Gasteiger charge is 2.24. The highest BCUT2D eigenvalue weighted by atomic mass is 16.5. The summed E-state index contributed by atoms with van der Waals surface area (Å²) < 4.78 is 7.02. The highest BCUT2D eigenvalue weighted by molar-refractivity contribution is 5.96. The minimum Gasteiger partial charge on any atom is -0.497 e. The largest absolute Gasteiger partial charge is 0.497 e. The third-order valence-corrected chi connectivity index (χ3v) is 5.83. The Labute approximate surface area is 186 Å². The van der Waals surface area contributed by atoms with Crippen LogP contribution >= 0.6 is 0 Å². The van der Waals surface area contributed by atoms with Gasteiger partial charge < -0.3 is 15.4 Å². The number of hydrogen-bond acceptors (Lipinski definition) is 6. The maximum absolute atomic E-state index is 13.0. The van der Waals surface area contributed by atoms with Crippen molar-refractivity contribution in [3.63, 3.8) is 0 Å². The fourth-order valence-electron chi connectivity index (χ4n) is 4.19. The molecule has 1 aromatic carbocycles. The molecule has 1 atom stereocenters. The second kappa shape index (κ2) is 9.42. The molecule has 1 saturated carbocycles. The van der Waals surface area contributed by atoms with Crippen LogP contribution in [-0.4, -0.2) is 38.8 Å². The molecule has 0 aliphatic heterocycles. The Hall–Kier alpha value is -3.36. The van der Waals surface area contributed by atoms with Gasteiger partial charge in [-0.25, -0.2) is 4.68 Å². The third-order valence-electron chi connectivity index (χ3n) is 5.83. The second-order valence-corrected chi connectivity index (χ2v) is 8.72. The summed E-state index contributed by atoms with van der Waals surface area (Å²) in [5, 5.41) is 11.0. The predicted molar refractivity (Wildman–Crippen MR) is 124 cm³/mol. The van der Waals surface area contributed by atoms with Crippen molar-refractivity contribution in [1.29, 1.82) is 0 Å². The van der Waals surface area contributed by atoms with Crippen molar-refractivity contribution in [3.05, 3.63) is 40.8 Å². The number of methoxy groups -OCH3 is 1. The molecule has 3 aromatic rings. The number of nitrogens with one attached hydrogen (secondary N) is 3. The Morgan fingerprint density at radius 2 is 1.97 bits per heavy atom. The molecule has 0 radical (unpaired) electrons. The highest BCUT2D eigenvalue weighted by Crippen LogP contribution is 2.30. The fraction of sp³-hybridized carbons (Fsp3) is 0.478. The molecule has 4 rings (SSSR count). The standard InChI is InChI=1S/C23H30N6O3/c1-14(2)12-19(22(31)25-15-8-10-17(32-3)11-9-15)26-23-27-20-18(21(30)28-23)13-24-29(20)16-6-4-5-7-16/h8-11,13-14,16,19H,4-7,12H2,1-3H3,(H,25,31)(H2,26,27,28,30)/t19-/m1/s1. The maximum atomic E-state index is 13.0. The molecule has 1 aliphatic carbocycles. The van der Waals surface area contributed by atoms with E-state index < -0.39 is 6.04 Å². The van der Waals surface area contributed by atoms with E-state index >= 15 is 0 Å². The second-order valence-electron chi connectivity index (χ2n) is 8.72. The van der Waals surface area contributed by atoms with E-state index in [-0.39, 0.29) is 29.4 Å². The van der Waals surface area contributed by atoms with Crippen molar-refractivity contribution in [1.82, 2.24) is 19.7 Å². The van der Waals surface area contributed by atoms with Crippen LogP contribution in [0.4, 0.5) is 11.6 Å². The number of amides is 1. The summed E-state index contributed by atoms with van der Waals surface area (Å²) in [7, 11) is 1.60. The smallest absolute Gasteiger partial charge is 0.263 e. The summed E-state index contributed by atoms with van der Waals surface area (Å²) in [5.74, 6) is 1.05. The van der Waals surface area contributed by atoms with E-state index in [0.29, 0.717) is 28.9 Å². The first-order valence-corrected chi connectivity index (χ1v) is 11.1. The average molecular weight is 439 g/mol. The number of hydrogen-bond donors (Lipinski definition) is 3. The normalized spacial score (nSPS) is 15.2. The van der Waals surface area contributed by atoms with Gasteiger partial charge in [0.2, 0.25) is 11.9 Å². The lowest BCUT2D eigenvalue weighted by Crippen LogP contribution is -2.37. The number of carbonyl (C=O) groups is 1. The molecule has 3 N–H and O–H groups in total. The third kappa shape index (κ3) is 4.76. The monoisotopic (exact) mass is 438 g/mol. The van der Waals surface area contributed by atoms with Gasteiger partial charge in [0.15, 0.2) is 5.65 Å². The van der Waals surface area contributed by atoms with Crippen molar-refractivity contribution in [2.75, 3.05) is 17.7 Å². The molecule has 1 aliphatic rings. The molecule has 9 nitrogen and oxygen atoms in total. The lowest BCUT2D eigenvalue weighted by Gasteiger charge is -2.20. The summed E-state index contributed by atoms with van der Waals surface area (Å²) in [6.07, 6.45) is 6.53. The van der Waals surface area contributed by atoms with Crippen LogP contribution < -0.4 is 20.9 Å². The molecule has 9 heteroatoms. The zero-order valence-corrected chi connectivity index (χ0v) is 18.7. The Bertz CT molecular complexity index is 1130. The van der Waals surface area contributed by atoms with Gasteiger partial charge in [-0.3, -0.25) is 14.6 Å². The van der Waals surface area contributed by atoms with Crippen LogP contribution in [0.25, 0.3) is 11.0 Å². The van der Waals surface area contributed by atoms with Crippen LogP contribution in [0.2, 0.25) is 0 Å². The van der Waals surface area contributed by atoms with E-state index in [0.717, 1.165) is 25.7 Å². The van der Waals surface area contributed by atoms with Crippen LogP contribution in [0.5, 0.6) is 5.75 Å². The number of H-pyrrole nitrogens is 1. The van der Waals surface area contributed by atoms with E-state index in [1.807, 2.05) is 18.5 Å². The quantitative estimate of drug-likeness (QED) is 0.494. The fourth-order valence-corrected chi connectivity index (χ4v) is 4.19. The molecule has 0 unspecified atom stereocenters. The number of benzene rings is 1. The summed E-state index contributed by atoms with van der Waals surface area (Å²) in [5.41, 5.74) is 0.963. The SMILES string of the molecule is COc1ccc(NC(=O)[C@@H](CC(C)C)Nc2nc3c(cnn3C3CCCC3)c(=O)[nH]2)cc1. The van der Waals surface area contributed by atoms with Crippen molar-refractivity contribution < 1.29 is 9.53 Å². The Morgan fingerprint density at radius 3 is 2.62 bits per heavy atom.